The van der Waals surface area contributed by atoms with Crippen molar-refractivity contribution in [3.05, 3.63) is 0 Å². The molecule has 3 rings (SSSR count). The van der Waals surface area contributed by atoms with Crippen LogP contribution in [0, 0.1) is 5.92 Å². The van der Waals surface area contributed by atoms with E-state index in [9.17, 15) is 4.79 Å². The molecule has 3 fully saturated rings. The second-order valence-electron chi connectivity index (χ2n) is 6.42. The molecule has 0 aromatic heterocycles. The van der Waals surface area contributed by atoms with Gasteiger partial charge in [-0.2, -0.15) is 0 Å². The van der Waals surface area contributed by atoms with Crippen molar-refractivity contribution in [2.75, 3.05) is 39.4 Å². The number of hydrogen-bond donors (Lipinski definition) is 1. The molecule has 1 saturated carbocycles. The minimum Gasteiger partial charge on any atom is -0.381 e. The predicted molar refractivity (Wildman–Crippen MR) is 77.3 cm³/mol. The first-order chi connectivity index (χ1) is 9.75. The molecule has 114 valence electrons. The van der Waals surface area contributed by atoms with Crippen molar-refractivity contribution in [1.29, 1.82) is 0 Å². The predicted octanol–water partition coefficient (Wildman–Crippen LogP) is 0.437. The summed E-state index contributed by atoms with van der Waals surface area (Å²) in [6.07, 6.45) is 5.91. The molecule has 1 aliphatic carbocycles. The van der Waals surface area contributed by atoms with Gasteiger partial charge in [0.1, 0.15) is 0 Å². The second kappa shape index (κ2) is 6.41. The Morgan fingerprint density at radius 1 is 1.05 bits per heavy atom. The molecule has 1 unspecified atom stereocenters. The van der Waals surface area contributed by atoms with Crippen molar-refractivity contribution >= 4 is 5.91 Å². The lowest BCUT2D eigenvalue weighted by atomic mass is 9.90. The van der Waals surface area contributed by atoms with Crippen molar-refractivity contribution in [2.45, 2.75) is 44.2 Å². The molecule has 3 aliphatic rings. The van der Waals surface area contributed by atoms with Crippen LogP contribution in [-0.2, 0) is 9.53 Å². The topological polar surface area (TPSA) is 58.8 Å². The fraction of sp³-hybridized carbons (Fsp3) is 0.933. The van der Waals surface area contributed by atoms with Gasteiger partial charge in [0.05, 0.1) is 6.04 Å². The van der Waals surface area contributed by atoms with E-state index >= 15 is 0 Å². The molecule has 2 aliphatic heterocycles. The number of amides is 1. The molecule has 0 bridgehead atoms. The summed E-state index contributed by atoms with van der Waals surface area (Å²) in [5.41, 5.74) is 6.19. The van der Waals surface area contributed by atoms with E-state index in [-0.39, 0.29) is 11.9 Å². The maximum atomic E-state index is 12.5. The molecule has 20 heavy (non-hydrogen) atoms. The highest BCUT2D eigenvalue weighted by molar-refractivity contribution is 5.82. The van der Waals surface area contributed by atoms with Crippen molar-refractivity contribution in [3.63, 3.8) is 0 Å². The van der Waals surface area contributed by atoms with Gasteiger partial charge in [0.2, 0.25) is 5.91 Å². The molecule has 1 amide bonds. The number of carbonyl (C=O) groups is 1. The zero-order valence-corrected chi connectivity index (χ0v) is 12.3. The van der Waals surface area contributed by atoms with Gasteiger partial charge in [0, 0.05) is 45.4 Å². The molecule has 5 heteroatoms. The Labute approximate surface area is 121 Å². The summed E-state index contributed by atoms with van der Waals surface area (Å²) >= 11 is 0. The van der Waals surface area contributed by atoms with Gasteiger partial charge in [-0.1, -0.05) is 6.42 Å². The van der Waals surface area contributed by atoms with Crippen LogP contribution in [0.2, 0.25) is 0 Å². The maximum Gasteiger partial charge on any atom is 0.239 e. The van der Waals surface area contributed by atoms with Gasteiger partial charge >= 0.3 is 0 Å². The Morgan fingerprint density at radius 2 is 1.70 bits per heavy atom. The lowest BCUT2D eigenvalue weighted by molar-refractivity contribution is -0.137. The molecular weight excluding hydrogens is 254 g/mol. The zero-order valence-electron chi connectivity index (χ0n) is 12.3. The van der Waals surface area contributed by atoms with Crippen LogP contribution in [0.15, 0.2) is 0 Å². The maximum absolute atomic E-state index is 12.5. The molecule has 0 aromatic carbocycles. The number of piperazine rings is 1. The standard InChI is InChI=1S/C15H27N3O2/c16-14(12-4-10-20-11-5-12)15(19)18-8-6-17(7-9-18)13-2-1-3-13/h12-14H,1-11,16H2. The average Bonchev–Trinajstić information content (AvgIpc) is 2.46. The minimum atomic E-state index is -0.325. The summed E-state index contributed by atoms with van der Waals surface area (Å²) in [6, 6.07) is 0.463. The van der Waals surface area contributed by atoms with Gasteiger partial charge in [-0.3, -0.25) is 9.69 Å². The third kappa shape index (κ3) is 3.00. The first-order valence-corrected chi connectivity index (χ1v) is 8.12. The lowest BCUT2D eigenvalue weighted by Crippen LogP contribution is -2.57. The Morgan fingerprint density at radius 3 is 2.25 bits per heavy atom. The molecule has 5 nitrogen and oxygen atoms in total. The summed E-state index contributed by atoms with van der Waals surface area (Å²) in [6.45, 7) is 5.26. The van der Waals surface area contributed by atoms with E-state index in [2.05, 4.69) is 4.90 Å². The summed E-state index contributed by atoms with van der Waals surface area (Å²) < 4.78 is 5.35. The summed E-state index contributed by atoms with van der Waals surface area (Å²) in [5, 5.41) is 0. The number of ether oxygens (including phenoxy) is 1. The molecular formula is C15H27N3O2. The third-order valence-corrected chi connectivity index (χ3v) is 5.28. The van der Waals surface area contributed by atoms with Crippen molar-refractivity contribution in [1.82, 2.24) is 9.80 Å². The first-order valence-electron chi connectivity index (χ1n) is 8.12. The van der Waals surface area contributed by atoms with Crippen LogP contribution in [0.1, 0.15) is 32.1 Å². The number of hydrogen-bond acceptors (Lipinski definition) is 4. The van der Waals surface area contributed by atoms with E-state index in [1.807, 2.05) is 4.90 Å². The Hall–Kier alpha value is -0.650. The SMILES string of the molecule is NC(C(=O)N1CCN(C2CCC2)CC1)C1CCOCC1. The van der Waals surface area contributed by atoms with Crippen molar-refractivity contribution < 1.29 is 9.53 Å². The number of nitrogens with two attached hydrogens (primary N) is 1. The fourth-order valence-electron chi connectivity index (χ4n) is 3.55. The Bertz CT molecular complexity index is 332. The number of rotatable bonds is 3. The van der Waals surface area contributed by atoms with Gasteiger partial charge in [-0.25, -0.2) is 0 Å². The van der Waals surface area contributed by atoms with Crippen LogP contribution in [0.5, 0.6) is 0 Å². The quantitative estimate of drug-likeness (QED) is 0.815. The molecule has 0 spiro atoms. The number of nitrogens with zero attached hydrogens (tertiary/aromatic N) is 2. The largest absolute Gasteiger partial charge is 0.381 e. The normalized spacial score (nSPS) is 28.1. The van der Waals surface area contributed by atoms with E-state index < -0.39 is 0 Å². The van der Waals surface area contributed by atoms with E-state index in [0.29, 0.717) is 5.92 Å². The molecule has 2 saturated heterocycles. The van der Waals surface area contributed by atoms with Gasteiger partial charge in [-0.15, -0.1) is 0 Å². The van der Waals surface area contributed by atoms with E-state index in [0.717, 1.165) is 58.3 Å². The summed E-state index contributed by atoms with van der Waals surface area (Å²) in [7, 11) is 0. The van der Waals surface area contributed by atoms with Gasteiger partial charge in [0.25, 0.3) is 0 Å². The Balaban J connectivity index is 1.47. The molecule has 0 radical (unpaired) electrons. The highest BCUT2D eigenvalue weighted by Crippen LogP contribution is 2.26. The van der Waals surface area contributed by atoms with E-state index in [1.54, 1.807) is 0 Å². The van der Waals surface area contributed by atoms with Crippen molar-refractivity contribution in [3.8, 4) is 0 Å². The number of carbonyl (C=O) groups excluding carboxylic acids is 1. The van der Waals surface area contributed by atoms with Gasteiger partial charge < -0.3 is 15.4 Å². The minimum absolute atomic E-state index is 0.158. The zero-order chi connectivity index (χ0) is 13.9. The van der Waals surface area contributed by atoms with Gasteiger partial charge in [-0.05, 0) is 31.6 Å². The highest BCUT2D eigenvalue weighted by Gasteiger charge is 2.33. The highest BCUT2D eigenvalue weighted by atomic mass is 16.5. The van der Waals surface area contributed by atoms with Crippen molar-refractivity contribution in [2.24, 2.45) is 11.7 Å². The monoisotopic (exact) mass is 281 g/mol. The van der Waals surface area contributed by atoms with Crippen LogP contribution in [0.4, 0.5) is 0 Å². The van der Waals surface area contributed by atoms with E-state index in [4.69, 9.17) is 10.5 Å². The molecule has 2 N–H and O–H groups in total. The van der Waals surface area contributed by atoms with Gasteiger partial charge in [0.15, 0.2) is 0 Å². The van der Waals surface area contributed by atoms with E-state index in [1.165, 1.54) is 19.3 Å². The molecule has 1 atom stereocenters. The first kappa shape index (κ1) is 14.3. The van der Waals surface area contributed by atoms with Crippen LogP contribution < -0.4 is 5.73 Å². The molecule has 0 aromatic rings. The summed E-state index contributed by atoms with van der Waals surface area (Å²) in [4.78, 5) is 17.0. The summed E-state index contributed by atoms with van der Waals surface area (Å²) in [5.74, 6) is 0.464. The fourth-order valence-corrected chi connectivity index (χ4v) is 3.55. The second-order valence-corrected chi connectivity index (χ2v) is 6.42. The Kier molecular flexibility index (Phi) is 4.58. The average molecular weight is 281 g/mol. The lowest BCUT2D eigenvalue weighted by Gasteiger charge is -2.43. The van der Waals surface area contributed by atoms with Crippen LogP contribution >= 0.6 is 0 Å². The van der Waals surface area contributed by atoms with Crippen LogP contribution in [0.3, 0.4) is 0 Å². The van der Waals surface area contributed by atoms with Crippen LogP contribution in [0.25, 0.3) is 0 Å². The van der Waals surface area contributed by atoms with Crippen LogP contribution in [-0.4, -0.2) is 67.2 Å². The smallest absolute Gasteiger partial charge is 0.239 e. The third-order valence-electron chi connectivity index (χ3n) is 5.28. The molecule has 2 heterocycles.